The average molecular weight is 308 g/mol. The summed E-state index contributed by atoms with van der Waals surface area (Å²) in [5.74, 6) is 0. The number of rotatable bonds is 6. The fourth-order valence-electron chi connectivity index (χ4n) is 2.44. The van der Waals surface area contributed by atoms with Crippen LogP contribution >= 0.6 is 0 Å². The minimum atomic E-state index is -0.658. The zero-order valence-electron chi connectivity index (χ0n) is 12.2. The highest BCUT2D eigenvalue weighted by Gasteiger charge is 2.17. The van der Waals surface area contributed by atoms with Crippen molar-refractivity contribution in [2.24, 2.45) is 0 Å². The number of hydrogen-bond donors (Lipinski definition) is 3. The monoisotopic (exact) mass is 308 g/mol. The third-order valence-electron chi connectivity index (χ3n) is 3.51. The third-order valence-corrected chi connectivity index (χ3v) is 3.51. The molecule has 8 nitrogen and oxygen atoms in total. The van der Waals surface area contributed by atoms with Crippen molar-refractivity contribution in [3.63, 3.8) is 0 Å². The van der Waals surface area contributed by atoms with E-state index in [1.165, 1.54) is 18.2 Å². The third kappa shape index (κ3) is 4.68. The van der Waals surface area contributed by atoms with Crippen LogP contribution in [0.25, 0.3) is 0 Å². The number of carbonyl (C=O) groups excluding carboxylic acids is 1. The van der Waals surface area contributed by atoms with Crippen LogP contribution in [-0.4, -0.2) is 53.2 Å². The predicted octanol–water partition coefficient (Wildman–Crippen LogP) is 1.17. The van der Waals surface area contributed by atoms with Gasteiger partial charge in [0.15, 0.2) is 0 Å². The molecule has 0 radical (unpaired) electrons. The van der Waals surface area contributed by atoms with E-state index in [1.54, 1.807) is 6.07 Å². The van der Waals surface area contributed by atoms with E-state index in [1.807, 2.05) is 0 Å². The van der Waals surface area contributed by atoms with Crippen LogP contribution < -0.4 is 10.6 Å². The highest BCUT2D eigenvalue weighted by molar-refractivity contribution is 5.91. The number of likely N-dealkylation sites (tertiary alicyclic amines) is 1. The number of hydrogen-bond acceptors (Lipinski definition) is 5. The van der Waals surface area contributed by atoms with Gasteiger partial charge in [-0.2, -0.15) is 0 Å². The van der Waals surface area contributed by atoms with E-state index >= 15 is 0 Å². The summed E-state index contributed by atoms with van der Waals surface area (Å²) in [6.07, 6.45) is 1.62. The smallest absolute Gasteiger partial charge is 0.319 e. The summed E-state index contributed by atoms with van der Waals surface area (Å²) in [5, 5.41) is 25.7. The van der Waals surface area contributed by atoms with Gasteiger partial charge in [-0.25, -0.2) is 4.79 Å². The number of nitrogens with zero attached hydrogens (tertiary/aromatic N) is 2. The van der Waals surface area contributed by atoms with Gasteiger partial charge in [-0.1, -0.05) is 12.1 Å². The second-order valence-electron chi connectivity index (χ2n) is 5.27. The van der Waals surface area contributed by atoms with Gasteiger partial charge in [-0.3, -0.25) is 10.1 Å². The van der Waals surface area contributed by atoms with Crippen molar-refractivity contribution in [1.29, 1.82) is 0 Å². The zero-order valence-corrected chi connectivity index (χ0v) is 12.2. The van der Waals surface area contributed by atoms with Gasteiger partial charge in [0.2, 0.25) is 0 Å². The van der Waals surface area contributed by atoms with Gasteiger partial charge in [0.1, 0.15) is 5.69 Å². The molecule has 2 rings (SSSR count). The second-order valence-corrected chi connectivity index (χ2v) is 5.27. The van der Waals surface area contributed by atoms with Crippen LogP contribution in [0.15, 0.2) is 24.3 Å². The van der Waals surface area contributed by atoms with Crippen LogP contribution in [0.1, 0.15) is 12.8 Å². The topological polar surface area (TPSA) is 108 Å². The molecule has 1 aromatic rings. The number of urea groups is 1. The van der Waals surface area contributed by atoms with Crippen molar-refractivity contribution in [2.45, 2.75) is 18.9 Å². The first-order chi connectivity index (χ1) is 10.6. The Kier molecular flexibility index (Phi) is 5.68. The summed E-state index contributed by atoms with van der Waals surface area (Å²) in [7, 11) is 0. The molecule has 0 saturated carbocycles. The summed E-state index contributed by atoms with van der Waals surface area (Å²) in [6.45, 7) is 2.56. The summed E-state index contributed by atoms with van der Waals surface area (Å²) >= 11 is 0. The highest BCUT2D eigenvalue weighted by atomic mass is 16.6. The summed E-state index contributed by atoms with van der Waals surface area (Å²) in [4.78, 5) is 24.2. The molecule has 0 aliphatic carbocycles. The molecule has 3 N–H and O–H groups in total. The fourth-order valence-corrected chi connectivity index (χ4v) is 2.44. The van der Waals surface area contributed by atoms with Crippen LogP contribution in [0, 0.1) is 10.1 Å². The maximum atomic E-state index is 11.8. The van der Waals surface area contributed by atoms with E-state index in [0.717, 1.165) is 25.9 Å². The van der Waals surface area contributed by atoms with E-state index in [2.05, 4.69) is 15.5 Å². The van der Waals surface area contributed by atoms with Crippen LogP contribution in [0.4, 0.5) is 16.2 Å². The summed E-state index contributed by atoms with van der Waals surface area (Å²) < 4.78 is 0. The molecule has 1 saturated heterocycles. The number of anilines is 1. The van der Waals surface area contributed by atoms with Gasteiger partial charge in [-0.05, 0) is 32.0 Å². The SMILES string of the molecule is O=C(NCC(O)CN1CCCC1)Nc1ccccc1[N+](=O)[O-]. The molecule has 0 aromatic heterocycles. The maximum Gasteiger partial charge on any atom is 0.319 e. The molecule has 1 aliphatic rings. The number of β-amino-alcohol motifs (C(OH)–C–C–N with tert-alkyl or cyclic N) is 1. The van der Waals surface area contributed by atoms with E-state index in [9.17, 15) is 20.0 Å². The van der Waals surface area contributed by atoms with Crippen LogP contribution in [0.3, 0.4) is 0 Å². The van der Waals surface area contributed by atoms with Crippen LogP contribution in [0.2, 0.25) is 0 Å². The van der Waals surface area contributed by atoms with Crippen molar-refractivity contribution in [3.8, 4) is 0 Å². The lowest BCUT2D eigenvalue weighted by Crippen LogP contribution is -2.40. The Balaban J connectivity index is 1.79. The zero-order chi connectivity index (χ0) is 15.9. The average Bonchev–Trinajstić information content (AvgIpc) is 2.98. The van der Waals surface area contributed by atoms with Crippen LogP contribution in [-0.2, 0) is 0 Å². The molecule has 0 bridgehead atoms. The van der Waals surface area contributed by atoms with Crippen molar-refractivity contribution in [2.75, 3.05) is 31.5 Å². The van der Waals surface area contributed by atoms with E-state index in [4.69, 9.17) is 0 Å². The molecular formula is C14H20N4O4. The molecular weight excluding hydrogens is 288 g/mol. The normalized spacial score (nSPS) is 16.2. The molecule has 2 amide bonds. The van der Waals surface area contributed by atoms with Crippen LogP contribution in [0.5, 0.6) is 0 Å². The molecule has 1 aromatic carbocycles. The van der Waals surface area contributed by atoms with Gasteiger partial charge in [0.25, 0.3) is 5.69 Å². The first-order valence-electron chi connectivity index (χ1n) is 7.25. The molecule has 8 heteroatoms. The first-order valence-corrected chi connectivity index (χ1v) is 7.25. The number of carbonyl (C=O) groups is 1. The Morgan fingerprint density at radius 3 is 2.73 bits per heavy atom. The van der Waals surface area contributed by atoms with Crippen molar-refractivity contribution < 1.29 is 14.8 Å². The minimum absolute atomic E-state index is 0.100. The number of nitro groups is 1. The van der Waals surface area contributed by atoms with Crippen molar-refractivity contribution in [1.82, 2.24) is 10.2 Å². The number of aliphatic hydroxyl groups excluding tert-OH is 1. The number of amides is 2. The molecule has 0 spiro atoms. The fraction of sp³-hybridized carbons (Fsp3) is 0.500. The molecule has 1 unspecified atom stereocenters. The molecule has 1 atom stereocenters. The summed E-state index contributed by atoms with van der Waals surface area (Å²) in [6, 6.07) is 5.33. The van der Waals surface area contributed by atoms with E-state index in [-0.39, 0.29) is 17.9 Å². The largest absolute Gasteiger partial charge is 0.390 e. The standard InChI is InChI=1S/C14H20N4O4/c19-11(10-17-7-3-4-8-17)9-15-14(20)16-12-5-1-2-6-13(12)18(21)22/h1-2,5-6,11,19H,3-4,7-10H2,(H2,15,16,20). The predicted molar refractivity (Wildman–Crippen MR) is 81.8 cm³/mol. The van der Waals surface area contributed by atoms with Crippen molar-refractivity contribution >= 4 is 17.4 Å². The van der Waals surface area contributed by atoms with E-state index < -0.39 is 17.1 Å². The van der Waals surface area contributed by atoms with Gasteiger partial charge < -0.3 is 20.6 Å². The Hall–Kier alpha value is -2.19. The molecule has 1 heterocycles. The number of benzene rings is 1. The Bertz CT molecular complexity index is 531. The highest BCUT2D eigenvalue weighted by Crippen LogP contribution is 2.22. The Morgan fingerprint density at radius 1 is 1.36 bits per heavy atom. The Labute approximate surface area is 128 Å². The van der Waals surface area contributed by atoms with Crippen molar-refractivity contribution in [3.05, 3.63) is 34.4 Å². The number of aliphatic hydroxyl groups is 1. The van der Waals surface area contributed by atoms with Gasteiger partial charge >= 0.3 is 6.03 Å². The quantitative estimate of drug-likeness (QED) is 0.540. The van der Waals surface area contributed by atoms with Gasteiger partial charge in [0.05, 0.1) is 11.0 Å². The first kappa shape index (κ1) is 16.2. The summed E-state index contributed by atoms with van der Waals surface area (Å²) in [5.41, 5.74) is -0.0469. The van der Waals surface area contributed by atoms with E-state index in [0.29, 0.717) is 6.54 Å². The number of nitrogens with one attached hydrogen (secondary N) is 2. The lowest BCUT2D eigenvalue weighted by Gasteiger charge is -2.19. The van der Waals surface area contributed by atoms with Gasteiger partial charge in [-0.15, -0.1) is 0 Å². The number of para-hydroxylation sites is 2. The Morgan fingerprint density at radius 2 is 2.05 bits per heavy atom. The second kappa shape index (κ2) is 7.71. The maximum absolute atomic E-state index is 11.8. The lowest BCUT2D eigenvalue weighted by molar-refractivity contribution is -0.383. The molecule has 120 valence electrons. The minimum Gasteiger partial charge on any atom is -0.390 e. The number of nitro benzene ring substituents is 1. The lowest BCUT2D eigenvalue weighted by atomic mass is 10.2. The molecule has 1 aliphatic heterocycles. The van der Waals surface area contributed by atoms with Gasteiger partial charge in [0, 0.05) is 19.2 Å². The molecule has 1 fully saturated rings. The molecule has 22 heavy (non-hydrogen) atoms.